The maximum Gasteiger partial charge on any atom is 0.409 e. The van der Waals surface area contributed by atoms with E-state index in [0.29, 0.717) is 30.2 Å². The molecule has 0 aliphatic carbocycles. The highest BCUT2D eigenvalue weighted by atomic mass is 35.5. The summed E-state index contributed by atoms with van der Waals surface area (Å²) in [5.41, 5.74) is 1.96. The number of benzene rings is 2. The van der Waals surface area contributed by atoms with Gasteiger partial charge < -0.3 is 63.2 Å². The van der Waals surface area contributed by atoms with E-state index in [4.69, 9.17) is 40.0 Å². The average molecular weight is 1160 g/mol. The predicted molar refractivity (Wildman–Crippen MR) is 307 cm³/mol. The van der Waals surface area contributed by atoms with Crippen molar-refractivity contribution < 1.29 is 72.2 Å². The van der Waals surface area contributed by atoms with Crippen LogP contribution in [-0.2, 0) is 76.7 Å². The van der Waals surface area contributed by atoms with Crippen LogP contribution in [0.1, 0.15) is 96.4 Å². The maximum atomic E-state index is 14.3. The number of epoxide rings is 1. The Balaban J connectivity index is 0.993. The number of ketones is 1. The summed E-state index contributed by atoms with van der Waals surface area (Å²) in [6, 6.07) is 12.8. The number of aliphatic hydroxyl groups is 1. The molecule has 9 atom stereocenters. The van der Waals surface area contributed by atoms with Crippen molar-refractivity contribution in [1.29, 1.82) is 0 Å². The molecule has 6 rings (SSSR count). The number of alkyl carbamates (subject to hydrolysis) is 1. The number of esters is 1. The number of rotatable bonds is 25. The number of halogens is 1. The molecular formula is C60H83ClN6O15. The molecule has 4 amide bonds. The van der Waals surface area contributed by atoms with Crippen molar-refractivity contribution in [3.05, 3.63) is 88.1 Å². The monoisotopic (exact) mass is 1160 g/mol. The largest absolute Gasteiger partial charge is 0.481 e. The molecule has 2 fully saturated rings. The van der Waals surface area contributed by atoms with Gasteiger partial charge in [0.05, 0.1) is 56.1 Å². The van der Waals surface area contributed by atoms with E-state index in [1.807, 2.05) is 63.4 Å². The Labute approximate surface area is 485 Å². The number of fused-ring (bicyclic) bond motifs is 6. The van der Waals surface area contributed by atoms with E-state index in [2.05, 4.69) is 33.1 Å². The van der Waals surface area contributed by atoms with Crippen molar-refractivity contribution in [2.24, 2.45) is 11.8 Å². The van der Waals surface area contributed by atoms with Crippen LogP contribution in [-0.4, -0.2) is 176 Å². The number of aryl methyl sites for hydroxylation is 2. The molecule has 4 N–H and O–H groups in total. The second kappa shape index (κ2) is 29.4. The van der Waals surface area contributed by atoms with Crippen LogP contribution < -0.4 is 15.5 Å². The zero-order chi connectivity index (χ0) is 60.1. The Bertz CT molecular complexity index is 2840. The van der Waals surface area contributed by atoms with Crippen molar-refractivity contribution in [3.63, 3.8) is 0 Å². The minimum absolute atomic E-state index is 0.00614. The van der Waals surface area contributed by atoms with Gasteiger partial charge in [-0.3, -0.25) is 29.3 Å². The third-order valence-electron chi connectivity index (χ3n) is 15.9. The topological polar surface area (TPSA) is 257 Å². The van der Waals surface area contributed by atoms with Gasteiger partial charge in [-0.25, -0.2) is 9.59 Å². The first-order valence-electron chi connectivity index (χ1n) is 28.1. The average Bonchev–Trinajstić information content (AvgIpc) is 4.23. The van der Waals surface area contributed by atoms with E-state index >= 15 is 0 Å². The molecule has 0 radical (unpaired) electrons. The number of allylic oxidation sites excluding steroid dienone is 3. The number of likely N-dealkylation sites (N-methyl/N-ethyl adjacent to an activating group) is 1. The van der Waals surface area contributed by atoms with E-state index < -0.39 is 89.4 Å². The summed E-state index contributed by atoms with van der Waals surface area (Å²) in [5.74, 6) is -4.71. The number of Topliss-reactive ketones (excluding diaryl/α,β-unsaturated/α-hetero) is 1. The summed E-state index contributed by atoms with van der Waals surface area (Å²) in [5, 5.41) is 28.0. The number of hydrogen-bond donors (Lipinski definition) is 4. The lowest BCUT2D eigenvalue weighted by Gasteiger charge is -2.42. The third kappa shape index (κ3) is 17.0. The number of amides is 4. The molecule has 3 aromatic rings. The van der Waals surface area contributed by atoms with E-state index in [9.17, 15) is 43.8 Å². The van der Waals surface area contributed by atoms with Gasteiger partial charge in [-0.15, -0.1) is 0 Å². The van der Waals surface area contributed by atoms with Crippen molar-refractivity contribution in [2.45, 2.75) is 148 Å². The highest BCUT2D eigenvalue weighted by Crippen LogP contribution is 2.49. The number of ether oxygens (including phenoxy) is 6. The van der Waals surface area contributed by atoms with Crippen LogP contribution in [0.25, 0.3) is 10.9 Å². The first kappa shape index (κ1) is 65.0. The minimum atomic E-state index is -1.87. The van der Waals surface area contributed by atoms with Crippen LogP contribution in [0.2, 0.25) is 5.02 Å². The number of para-hydroxylation sites is 1. The number of carbonyl (C=O) groups is 7. The molecule has 22 heteroatoms. The summed E-state index contributed by atoms with van der Waals surface area (Å²) in [6.07, 6.45) is 0.423. The van der Waals surface area contributed by atoms with Crippen molar-refractivity contribution in [1.82, 2.24) is 25.0 Å². The number of aromatic nitrogens is 1. The van der Waals surface area contributed by atoms with Crippen LogP contribution in [0.3, 0.4) is 0 Å². The number of nitrogens with zero attached hydrogens (tertiary/aromatic N) is 4. The molecule has 21 nitrogen and oxygen atoms in total. The van der Waals surface area contributed by atoms with Gasteiger partial charge in [-0.1, -0.05) is 73.5 Å². The van der Waals surface area contributed by atoms with Gasteiger partial charge in [0.15, 0.2) is 5.72 Å². The number of nitrogens with one attached hydrogen (secondary N) is 2. The van der Waals surface area contributed by atoms with E-state index in [1.54, 1.807) is 33.0 Å². The van der Waals surface area contributed by atoms with Gasteiger partial charge >= 0.3 is 18.0 Å². The zero-order valence-corrected chi connectivity index (χ0v) is 49.8. The number of carboxylic acid groups (broad SMARTS) is 1. The summed E-state index contributed by atoms with van der Waals surface area (Å²) >= 11 is 6.83. The minimum Gasteiger partial charge on any atom is -0.481 e. The molecule has 2 aromatic carbocycles. The number of carbonyl (C=O) groups excluding carboxylic acids is 6. The number of hydrogen-bond acceptors (Lipinski definition) is 15. The predicted octanol–water partition coefficient (Wildman–Crippen LogP) is 6.29. The Kier molecular flexibility index (Phi) is 23.3. The summed E-state index contributed by atoms with van der Waals surface area (Å²) in [6.45, 7) is 13.3. The fraction of sp³-hybridized carbons (Fsp3) is 0.583. The van der Waals surface area contributed by atoms with Crippen LogP contribution in [0.15, 0.2) is 66.3 Å². The summed E-state index contributed by atoms with van der Waals surface area (Å²) < 4.78 is 37.3. The van der Waals surface area contributed by atoms with Crippen LogP contribution in [0.5, 0.6) is 0 Å². The van der Waals surface area contributed by atoms with Gasteiger partial charge in [0.1, 0.15) is 35.7 Å². The van der Waals surface area contributed by atoms with Gasteiger partial charge in [-0.05, 0) is 88.8 Å². The Morgan fingerprint density at radius 3 is 2.44 bits per heavy atom. The van der Waals surface area contributed by atoms with E-state index in [1.165, 1.54) is 30.9 Å². The number of aliphatic carboxylic acids is 1. The van der Waals surface area contributed by atoms with Crippen LogP contribution >= 0.6 is 11.6 Å². The first-order valence-corrected chi connectivity index (χ1v) is 28.5. The van der Waals surface area contributed by atoms with Gasteiger partial charge in [0.25, 0.3) is 0 Å². The SMILES string of the molecule is CCN(C)Cc1cc2ccccc2n1CCC(=O)C[C@@H](CCC(=O)O)C(=O)NCCOCCOCCC(=O)N(C)[C@@H](C)C(=O)O[C@H]1CC(=O)N(C)c2cc(cc(C)c2Cl)C/C(C)=C/C=C/[C@@H](OC)[C@]2(O)C[C@H](OC(=O)N2)[C@@H](C)C2O[C@]21C. The normalized spacial score (nSPS) is 24.8. The Hall–Kier alpha value is -6.20. The van der Waals surface area contributed by atoms with Crippen LogP contribution in [0, 0.1) is 18.8 Å². The summed E-state index contributed by atoms with van der Waals surface area (Å²) in [4.78, 5) is 97.7. The lowest BCUT2D eigenvalue weighted by atomic mass is 9.83. The number of methoxy groups -OCH3 is 1. The molecule has 0 spiro atoms. The Morgan fingerprint density at radius 1 is 1.01 bits per heavy atom. The molecule has 2 saturated heterocycles. The quantitative estimate of drug-likeness (QED) is 0.0413. The molecule has 3 aliphatic heterocycles. The smallest absolute Gasteiger partial charge is 0.409 e. The van der Waals surface area contributed by atoms with Gasteiger partial charge in [0.2, 0.25) is 17.7 Å². The molecule has 450 valence electrons. The standard InChI is InChI=1S/C60H83ClN6O15/c1-11-64(7)36-44-32-42-16-12-13-17-46(42)67(44)24-21-45(68)33-43(19-20-53(71)72)56(73)62-23-26-79-28-27-78-25-22-51(69)65(8)40(5)57(74)81-50-34-52(70)66(9)47-31-41(30-38(3)54(47)61)29-37(2)15-14-18-49(77-10)60(76)35-48(80-58(75)63-60)39(4)55-59(50,6)82-55/h12-18,30-32,39-40,43,48-50,55,76H,11,19-29,33-36H2,1-10H3,(H,62,73)(H,63,75)(H,71,72)/b18-14+,37-15+/t39-,40+,43-,48+,49-,50+,55?,59+,60-/m1/s1. The second-order valence-electron chi connectivity index (χ2n) is 22.1. The highest BCUT2D eigenvalue weighted by Gasteiger charge is 2.64. The molecule has 4 bridgehead atoms. The molecule has 0 saturated carbocycles. The van der Waals surface area contributed by atoms with E-state index in [-0.39, 0.29) is 83.7 Å². The highest BCUT2D eigenvalue weighted by molar-refractivity contribution is 6.34. The first-order chi connectivity index (χ1) is 38.9. The number of carboxylic acids is 1. The Morgan fingerprint density at radius 2 is 1.73 bits per heavy atom. The molecule has 1 unspecified atom stereocenters. The maximum absolute atomic E-state index is 14.3. The molecule has 3 aliphatic rings. The van der Waals surface area contributed by atoms with Gasteiger partial charge in [0, 0.05) is 89.6 Å². The third-order valence-corrected chi connectivity index (χ3v) is 16.4. The lowest BCUT2D eigenvalue weighted by molar-refractivity contribution is -0.162. The fourth-order valence-electron chi connectivity index (χ4n) is 10.6. The molecule has 1 aromatic heterocycles. The van der Waals surface area contributed by atoms with Crippen LogP contribution in [0.4, 0.5) is 10.5 Å². The second-order valence-corrected chi connectivity index (χ2v) is 22.5. The molecular weight excluding hydrogens is 1080 g/mol. The number of anilines is 1. The molecule has 82 heavy (non-hydrogen) atoms. The van der Waals surface area contributed by atoms with Gasteiger partial charge in [-0.2, -0.15) is 0 Å². The zero-order valence-electron chi connectivity index (χ0n) is 49.0. The van der Waals surface area contributed by atoms with E-state index in [0.717, 1.165) is 39.8 Å². The van der Waals surface area contributed by atoms with Crippen molar-refractivity contribution >= 4 is 69.7 Å². The fourth-order valence-corrected chi connectivity index (χ4v) is 10.8. The lowest BCUT2D eigenvalue weighted by Crippen LogP contribution is -2.63. The summed E-state index contributed by atoms with van der Waals surface area (Å²) in [7, 11) is 6.50. The van der Waals surface area contributed by atoms with Crippen molar-refractivity contribution in [3.8, 4) is 0 Å². The molecule has 4 heterocycles. The van der Waals surface area contributed by atoms with Crippen molar-refractivity contribution in [2.75, 3.05) is 72.7 Å².